The van der Waals surface area contributed by atoms with Crippen LogP contribution in [0.15, 0.2) is 28.9 Å². The van der Waals surface area contributed by atoms with Crippen LogP contribution < -0.4 is 15.5 Å². The van der Waals surface area contributed by atoms with Crippen LogP contribution in [0, 0.1) is 6.92 Å². The monoisotopic (exact) mass is 327 g/mol. The lowest BCUT2D eigenvalue weighted by Gasteiger charge is -2.18. The van der Waals surface area contributed by atoms with E-state index in [1.807, 2.05) is 25.1 Å². The number of carbonyl (C=O) groups is 1. The highest BCUT2D eigenvalue weighted by Crippen LogP contribution is 2.44. The summed E-state index contributed by atoms with van der Waals surface area (Å²) in [6.07, 6.45) is 4.90. The quantitative estimate of drug-likeness (QED) is 0.902. The summed E-state index contributed by atoms with van der Waals surface area (Å²) < 4.78 is 5.36. The number of carbonyl (C=O) groups excluding carboxylic acids is 1. The minimum absolute atomic E-state index is 0.108. The van der Waals surface area contributed by atoms with E-state index in [-0.39, 0.29) is 12.1 Å². The summed E-state index contributed by atoms with van der Waals surface area (Å²) in [6.45, 7) is 3.51. The molecule has 7 heteroatoms. The van der Waals surface area contributed by atoms with Crippen molar-refractivity contribution in [2.75, 3.05) is 23.3 Å². The first-order valence-corrected chi connectivity index (χ1v) is 8.40. The molecule has 0 spiro atoms. The van der Waals surface area contributed by atoms with Gasteiger partial charge >= 0.3 is 6.03 Å². The van der Waals surface area contributed by atoms with Gasteiger partial charge in [-0.3, -0.25) is 0 Å². The molecular weight excluding hydrogens is 306 g/mol. The molecule has 2 aromatic rings. The van der Waals surface area contributed by atoms with Crippen molar-refractivity contribution in [1.29, 1.82) is 0 Å². The van der Waals surface area contributed by atoms with Gasteiger partial charge in [0.15, 0.2) is 5.76 Å². The molecule has 2 N–H and O–H groups in total. The van der Waals surface area contributed by atoms with E-state index >= 15 is 0 Å². The summed E-state index contributed by atoms with van der Waals surface area (Å²) in [5, 5.41) is 9.94. The average molecular weight is 327 g/mol. The Bertz CT molecular complexity index is 726. The average Bonchev–Trinajstić information content (AvgIpc) is 3.23. The molecule has 126 valence electrons. The van der Waals surface area contributed by atoms with Gasteiger partial charge in [-0.2, -0.15) is 0 Å². The molecule has 1 atom stereocenters. The third kappa shape index (κ3) is 3.06. The minimum atomic E-state index is -0.198. The molecule has 1 aliphatic carbocycles. The second kappa shape index (κ2) is 6.14. The van der Waals surface area contributed by atoms with Crippen molar-refractivity contribution < 1.29 is 9.32 Å². The fraction of sp³-hybridized carbons (Fsp3) is 0.471. The number of aryl methyl sites for hydroxylation is 1. The largest absolute Gasteiger partial charge is 0.359 e. The van der Waals surface area contributed by atoms with Crippen molar-refractivity contribution >= 4 is 17.5 Å². The van der Waals surface area contributed by atoms with Crippen LogP contribution in [0.2, 0.25) is 0 Å². The number of nitrogens with one attached hydrogen (secondary N) is 2. The molecule has 0 unspecified atom stereocenters. The predicted molar refractivity (Wildman–Crippen MR) is 90.2 cm³/mol. The Kier molecular flexibility index (Phi) is 3.84. The Hall–Kier alpha value is -2.57. The molecule has 0 aromatic carbocycles. The highest BCUT2D eigenvalue weighted by molar-refractivity contribution is 5.90. The fourth-order valence-corrected chi connectivity index (χ4v) is 3.13. The number of pyridine rings is 1. The van der Waals surface area contributed by atoms with Crippen LogP contribution in [0.3, 0.4) is 0 Å². The molecule has 1 aliphatic heterocycles. The van der Waals surface area contributed by atoms with E-state index in [4.69, 9.17) is 4.52 Å². The maximum absolute atomic E-state index is 12.3. The summed E-state index contributed by atoms with van der Waals surface area (Å²) in [5.74, 6) is 2.17. The van der Waals surface area contributed by atoms with Gasteiger partial charge in [-0.05, 0) is 38.3 Å². The van der Waals surface area contributed by atoms with E-state index in [2.05, 4.69) is 25.7 Å². The Morgan fingerprint density at radius 1 is 1.33 bits per heavy atom. The molecular formula is C17H21N5O2. The summed E-state index contributed by atoms with van der Waals surface area (Å²) in [4.78, 5) is 18.9. The van der Waals surface area contributed by atoms with Crippen molar-refractivity contribution in [1.82, 2.24) is 15.5 Å². The maximum Gasteiger partial charge on any atom is 0.319 e. The lowest BCUT2D eigenvalue weighted by molar-refractivity contribution is 0.249. The number of anilines is 2. The molecule has 7 nitrogen and oxygen atoms in total. The maximum atomic E-state index is 12.3. The Labute approximate surface area is 140 Å². The van der Waals surface area contributed by atoms with Crippen LogP contribution in [0.5, 0.6) is 0 Å². The molecule has 1 saturated carbocycles. The van der Waals surface area contributed by atoms with E-state index in [9.17, 15) is 4.79 Å². The van der Waals surface area contributed by atoms with Crippen molar-refractivity contribution in [3.63, 3.8) is 0 Å². The fourth-order valence-electron chi connectivity index (χ4n) is 3.13. The molecule has 2 aliphatic rings. The number of hydrogen-bond donors (Lipinski definition) is 2. The van der Waals surface area contributed by atoms with Crippen LogP contribution in [0.1, 0.15) is 36.6 Å². The Morgan fingerprint density at radius 2 is 2.21 bits per heavy atom. The van der Waals surface area contributed by atoms with Gasteiger partial charge in [-0.25, -0.2) is 9.78 Å². The van der Waals surface area contributed by atoms with Gasteiger partial charge in [-0.15, -0.1) is 0 Å². The number of amides is 2. The topological polar surface area (TPSA) is 83.3 Å². The third-order valence-electron chi connectivity index (χ3n) is 4.57. The molecule has 2 amide bonds. The molecule has 4 rings (SSSR count). The van der Waals surface area contributed by atoms with Gasteiger partial charge in [-0.1, -0.05) is 11.2 Å². The van der Waals surface area contributed by atoms with Crippen LogP contribution in [0.4, 0.5) is 16.3 Å². The first-order valence-electron chi connectivity index (χ1n) is 8.40. The third-order valence-corrected chi connectivity index (χ3v) is 4.57. The van der Waals surface area contributed by atoms with E-state index < -0.39 is 0 Å². The van der Waals surface area contributed by atoms with Crippen LogP contribution in [0.25, 0.3) is 0 Å². The zero-order valence-corrected chi connectivity index (χ0v) is 13.7. The number of rotatable bonds is 4. The molecule has 2 fully saturated rings. The van der Waals surface area contributed by atoms with Crippen molar-refractivity contribution in [3.8, 4) is 0 Å². The van der Waals surface area contributed by atoms with Gasteiger partial charge in [0, 0.05) is 31.2 Å². The van der Waals surface area contributed by atoms with E-state index in [1.165, 1.54) is 0 Å². The Morgan fingerprint density at radius 3 is 2.96 bits per heavy atom. The molecule has 3 heterocycles. The minimum Gasteiger partial charge on any atom is -0.359 e. The molecule has 0 radical (unpaired) electrons. The van der Waals surface area contributed by atoms with E-state index in [1.54, 1.807) is 6.20 Å². The number of nitrogens with zero attached hydrogens (tertiary/aromatic N) is 3. The highest BCUT2D eigenvalue weighted by atomic mass is 16.5. The SMILES string of the molecule is Cc1noc(C2CC2)c1NC(=O)N[C@H]1CCN(c2ccccn2)C1. The smallest absolute Gasteiger partial charge is 0.319 e. The van der Waals surface area contributed by atoms with Gasteiger partial charge in [0.2, 0.25) is 0 Å². The summed E-state index contributed by atoms with van der Waals surface area (Å²) in [7, 11) is 0. The lowest BCUT2D eigenvalue weighted by atomic mass is 10.2. The lowest BCUT2D eigenvalue weighted by Crippen LogP contribution is -2.40. The van der Waals surface area contributed by atoms with Crippen molar-refractivity contribution in [2.45, 2.75) is 38.1 Å². The molecule has 2 aromatic heterocycles. The standard InChI is InChI=1S/C17H21N5O2/c1-11-15(16(24-21-11)12-5-6-12)20-17(23)19-13-7-9-22(10-13)14-4-2-3-8-18-14/h2-4,8,12-13H,5-7,9-10H2,1H3,(H2,19,20,23)/t13-/m0/s1. The normalized spacial score (nSPS) is 20.2. The predicted octanol–water partition coefficient (Wildman–Crippen LogP) is 2.66. The first kappa shape index (κ1) is 15.0. The second-order valence-corrected chi connectivity index (χ2v) is 6.50. The molecule has 24 heavy (non-hydrogen) atoms. The van der Waals surface area contributed by atoms with Crippen LogP contribution >= 0.6 is 0 Å². The summed E-state index contributed by atoms with van der Waals surface area (Å²) >= 11 is 0. The van der Waals surface area contributed by atoms with Crippen LogP contribution in [-0.4, -0.2) is 35.3 Å². The first-order chi connectivity index (χ1) is 11.7. The van der Waals surface area contributed by atoms with Crippen molar-refractivity contribution in [3.05, 3.63) is 35.9 Å². The van der Waals surface area contributed by atoms with Gasteiger partial charge in [0.1, 0.15) is 17.2 Å². The summed E-state index contributed by atoms with van der Waals surface area (Å²) in [5.41, 5.74) is 1.46. The number of hydrogen-bond acceptors (Lipinski definition) is 5. The second-order valence-electron chi connectivity index (χ2n) is 6.50. The zero-order valence-electron chi connectivity index (χ0n) is 13.7. The highest BCUT2D eigenvalue weighted by Gasteiger charge is 2.32. The van der Waals surface area contributed by atoms with Gasteiger partial charge in [0.25, 0.3) is 0 Å². The number of aromatic nitrogens is 2. The van der Waals surface area contributed by atoms with Crippen molar-refractivity contribution in [2.24, 2.45) is 0 Å². The van der Waals surface area contributed by atoms with Crippen LogP contribution in [-0.2, 0) is 0 Å². The molecule has 0 bridgehead atoms. The van der Waals surface area contributed by atoms with Gasteiger partial charge in [0.05, 0.1) is 0 Å². The summed E-state index contributed by atoms with van der Waals surface area (Å²) in [6, 6.07) is 5.78. The zero-order chi connectivity index (χ0) is 16.5. The van der Waals surface area contributed by atoms with E-state index in [0.29, 0.717) is 5.92 Å². The molecule has 1 saturated heterocycles. The van der Waals surface area contributed by atoms with Gasteiger partial charge < -0.3 is 20.1 Å². The number of urea groups is 1. The van der Waals surface area contributed by atoms with E-state index in [0.717, 1.165) is 55.3 Å². The Balaban J connectivity index is 1.35.